The van der Waals surface area contributed by atoms with Gasteiger partial charge in [-0.05, 0) is 76.3 Å². The molecule has 0 saturated carbocycles. The molecule has 0 spiro atoms. The molecule has 0 aromatic heterocycles. The van der Waals surface area contributed by atoms with Crippen molar-refractivity contribution in [3.8, 4) is 17.6 Å². The van der Waals surface area contributed by atoms with Crippen LogP contribution in [0.15, 0.2) is 70.7 Å². The predicted octanol–water partition coefficient (Wildman–Crippen LogP) is 6.45. The fourth-order valence-corrected chi connectivity index (χ4v) is 3.71. The number of nitrogens with one attached hydrogen (secondary N) is 1. The summed E-state index contributed by atoms with van der Waals surface area (Å²) in [6.07, 6.45) is 2.44. The minimum atomic E-state index is -0.475. The monoisotopic (exact) mass is 504 g/mol. The van der Waals surface area contributed by atoms with Gasteiger partial charge in [0.15, 0.2) is 11.5 Å². The molecule has 0 radical (unpaired) electrons. The van der Waals surface area contributed by atoms with Gasteiger partial charge in [-0.2, -0.15) is 5.26 Å². The normalized spacial score (nSPS) is 10.9. The number of halogens is 1. The predicted molar refractivity (Wildman–Crippen MR) is 134 cm³/mol. The molecular formula is C27H25BrN2O3. The first-order chi connectivity index (χ1) is 15.9. The number of benzene rings is 3. The minimum absolute atomic E-state index is 0.0168. The van der Waals surface area contributed by atoms with E-state index in [-0.39, 0.29) is 5.57 Å². The van der Waals surface area contributed by atoms with Crippen molar-refractivity contribution in [3.63, 3.8) is 0 Å². The summed E-state index contributed by atoms with van der Waals surface area (Å²) >= 11 is 3.52. The van der Waals surface area contributed by atoms with Gasteiger partial charge in [0.25, 0.3) is 5.91 Å². The number of carbonyl (C=O) groups is 1. The maximum Gasteiger partial charge on any atom is 0.266 e. The highest BCUT2D eigenvalue weighted by Gasteiger charge is 2.14. The Kier molecular flexibility index (Phi) is 8.28. The van der Waals surface area contributed by atoms with Crippen LogP contribution in [0.5, 0.6) is 11.5 Å². The van der Waals surface area contributed by atoms with Crippen LogP contribution in [0.4, 0.5) is 5.69 Å². The Labute approximate surface area is 202 Å². The van der Waals surface area contributed by atoms with Crippen LogP contribution in [-0.2, 0) is 17.8 Å². The van der Waals surface area contributed by atoms with Crippen molar-refractivity contribution in [1.29, 1.82) is 5.26 Å². The SMILES string of the molecule is CCc1ccc(NC(=O)/C(C#N)=C\c2cc(Br)c(OCc3ccc(C)cc3)c(OC)c2)cc1. The van der Waals surface area contributed by atoms with Gasteiger partial charge in [-0.15, -0.1) is 0 Å². The lowest BCUT2D eigenvalue weighted by Gasteiger charge is -2.14. The molecule has 0 unspecified atom stereocenters. The highest BCUT2D eigenvalue weighted by atomic mass is 79.9. The minimum Gasteiger partial charge on any atom is -0.493 e. The molecule has 0 atom stereocenters. The van der Waals surface area contributed by atoms with Crippen LogP contribution in [0, 0.1) is 18.3 Å². The smallest absolute Gasteiger partial charge is 0.266 e. The van der Waals surface area contributed by atoms with Crippen molar-refractivity contribution in [2.24, 2.45) is 0 Å². The average molecular weight is 505 g/mol. The van der Waals surface area contributed by atoms with Crippen molar-refractivity contribution in [1.82, 2.24) is 0 Å². The number of amides is 1. The molecule has 0 aliphatic rings. The molecular weight excluding hydrogens is 480 g/mol. The maximum absolute atomic E-state index is 12.6. The average Bonchev–Trinajstić information content (AvgIpc) is 2.83. The fourth-order valence-electron chi connectivity index (χ4n) is 3.14. The zero-order valence-corrected chi connectivity index (χ0v) is 20.4. The van der Waals surface area contributed by atoms with Crippen LogP contribution in [0.1, 0.15) is 29.2 Å². The number of anilines is 1. The van der Waals surface area contributed by atoms with Crippen molar-refractivity contribution in [2.75, 3.05) is 12.4 Å². The van der Waals surface area contributed by atoms with E-state index in [0.29, 0.717) is 33.8 Å². The van der Waals surface area contributed by atoms with E-state index in [9.17, 15) is 10.1 Å². The zero-order valence-electron chi connectivity index (χ0n) is 18.8. The Morgan fingerprint density at radius 2 is 1.76 bits per heavy atom. The first-order valence-corrected chi connectivity index (χ1v) is 11.3. The number of nitriles is 1. The van der Waals surface area contributed by atoms with Crippen LogP contribution < -0.4 is 14.8 Å². The highest BCUT2D eigenvalue weighted by molar-refractivity contribution is 9.10. The molecule has 1 N–H and O–H groups in total. The Morgan fingerprint density at radius 3 is 2.36 bits per heavy atom. The number of methoxy groups -OCH3 is 1. The highest BCUT2D eigenvalue weighted by Crippen LogP contribution is 2.37. The molecule has 3 aromatic carbocycles. The van der Waals surface area contributed by atoms with Crippen LogP contribution in [0.3, 0.4) is 0 Å². The number of hydrogen-bond acceptors (Lipinski definition) is 4. The third-order valence-corrected chi connectivity index (χ3v) is 5.64. The molecule has 3 rings (SSSR count). The molecule has 0 aliphatic heterocycles. The number of hydrogen-bond donors (Lipinski definition) is 1. The molecule has 33 heavy (non-hydrogen) atoms. The van der Waals surface area contributed by atoms with Gasteiger partial charge in [0.2, 0.25) is 0 Å². The van der Waals surface area contributed by atoms with Crippen molar-refractivity contribution >= 4 is 33.6 Å². The zero-order chi connectivity index (χ0) is 23.8. The van der Waals surface area contributed by atoms with E-state index in [4.69, 9.17) is 9.47 Å². The summed E-state index contributed by atoms with van der Waals surface area (Å²) in [4.78, 5) is 12.6. The molecule has 3 aromatic rings. The van der Waals surface area contributed by atoms with Gasteiger partial charge in [0.05, 0.1) is 11.6 Å². The van der Waals surface area contributed by atoms with Gasteiger partial charge in [-0.3, -0.25) is 4.79 Å². The van der Waals surface area contributed by atoms with E-state index in [1.165, 1.54) is 17.2 Å². The summed E-state index contributed by atoms with van der Waals surface area (Å²) in [6.45, 7) is 4.48. The number of ether oxygens (including phenoxy) is 2. The second-order valence-electron chi connectivity index (χ2n) is 7.48. The Bertz CT molecular complexity index is 1190. The number of nitrogens with zero attached hydrogens (tertiary/aromatic N) is 1. The van der Waals surface area contributed by atoms with E-state index in [0.717, 1.165) is 12.0 Å². The van der Waals surface area contributed by atoms with Gasteiger partial charge in [-0.25, -0.2) is 0 Å². The molecule has 1 amide bonds. The number of aryl methyl sites for hydroxylation is 2. The largest absolute Gasteiger partial charge is 0.493 e. The Hall–Kier alpha value is -3.56. The summed E-state index contributed by atoms with van der Waals surface area (Å²) < 4.78 is 12.1. The van der Waals surface area contributed by atoms with E-state index < -0.39 is 5.91 Å². The van der Waals surface area contributed by atoms with E-state index in [2.05, 4.69) is 28.2 Å². The lowest BCUT2D eigenvalue weighted by molar-refractivity contribution is -0.112. The first kappa shape index (κ1) is 24.1. The van der Waals surface area contributed by atoms with Crippen molar-refractivity contribution in [3.05, 3.63) is 93.0 Å². The lowest BCUT2D eigenvalue weighted by atomic mass is 10.1. The van der Waals surface area contributed by atoms with Gasteiger partial charge in [0, 0.05) is 5.69 Å². The Morgan fingerprint density at radius 1 is 1.09 bits per heavy atom. The number of carbonyl (C=O) groups excluding carboxylic acids is 1. The van der Waals surface area contributed by atoms with Gasteiger partial charge in [-0.1, -0.05) is 48.9 Å². The summed E-state index contributed by atoms with van der Waals surface area (Å²) in [5.41, 5.74) is 4.65. The molecule has 0 saturated heterocycles. The van der Waals surface area contributed by atoms with Crippen LogP contribution in [-0.4, -0.2) is 13.0 Å². The molecule has 0 heterocycles. The summed E-state index contributed by atoms with van der Waals surface area (Å²) in [7, 11) is 1.55. The van der Waals surface area contributed by atoms with E-state index in [1.54, 1.807) is 19.2 Å². The topological polar surface area (TPSA) is 71.4 Å². The van der Waals surface area contributed by atoms with E-state index >= 15 is 0 Å². The quantitative estimate of drug-likeness (QED) is 0.282. The second-order valence-corrected chi connectivity index (χ2v) is 8.34. The van der Waals surface area contributed by atoms with Crippen LogP contribution >= 0.6 is 15.9 Å². The molecule has 5 nitrogen and oxygen atoms in total. The van der Waals surface area contributed by atoms with Crippen LogP contribution in [0.25, 0.3) is 6.08 Å². The maximum atomic E-state index is 12.6. The first-order valence-electron chi connectivity index (χ1n) is 10.5. The molecule has 0 bridgehead atoms. The van der Waals surface area contributed by atoms with Gasteiger partial charge < -0.3 is 14.8 Å². The van der Waals surface area contributed by atoms with Gasteiger partial charge >= 0.3 is 0 Å². The summed E-state index contributed by atoms with van der Waals surface area (Å²) in [5, 5.41) is 12.3. The van der Waals surface area contributed by atoms with E-state index in [1.807, 2.05) is 61.5 Å². The van der Waals surface area contributed by atoms with Crippen molar-refractivity contribution in [2.45, 2.75) is 26.9 Å². The molecule has 0 fully saturated rings. The third-order valence-electron chi connectivity index (χ3n) is 5.05. The molecule has 168 valence electrons. The summed E-state index contributed by atoms with van der Waals surface area (Å²) in [5.74, 6) is 0.571. The van der Waals surface area contributed by atoms with Gasteiger partial charge in [0.1, 0.15) is 18.2 Å². The van der Waals surface area contributed by atoms with Crippen molar-refractivity contribution < 1.29 is 14.3 Å². The molecule has 6 heteroatoms. The number of rotatable bonds is 8. The standard InChI is InChI=1S/C27H25BrN2O3/c1-4-19-9-11-23(12-10-19)30-27(31)22(16-29)13-21-14-24(28)26(25(15-21)32-3)33-17-20-7-5-18(2)6-8-20/h5-15H,4,17H2,1-3H3,(H,30,31)/b22-13-. The second kappa shape index (κ2) is 11.3. The lowest BCUT2D eigenvalue weighted by Crippen LogP contribution is -2.13. The third kappa shape index (κ3) is 6.47. The molecule has 0 aliphatic carbocycles. The Balaban J connectivity index is 1.79. The van der Waals surface area contributed by atoms with Crippen LogP contribution in [0.2, 0.25) is 0 Å². The fraction of sp³-hybridized carbons (Fsp3) is 0.185. The summed E-state index contributed by atoms with van der Waals surface area (Å²) in [6, 6.07) is 21.1.